The molecule has 0 N–H and O–H groups in total. The zero-order valence-electron chi connectivity index (χ0n) is 11.1. The van der Waals surface area contributed by atoms with Crippen LogP contribution in [0.25, 0.3) is 0 Å². The smallest absolute Gasteiger partial charge is 0.256 e. The quantitative estimate of drug-likeness (QED) is 0.799. The number of methoxy groups -OCH3 is 1. The zero-order chi connectivity index (χ0) is 13.8. The molecule has 1 heterocycles. The summed E-state index contributed by atoms with van der Waals surface area (Å²) >= 11 is 1.52. The maximum Gasteiger partial charge on any atom is 0.256 e. The minimum atomic E-state index is 0.541. The summed E-state index contributed by atoms with van der Waals surface area (Å²) in [6.07, 6.45) is 0. The van der Waals surface area contributed by atoms with Gasteiger partial charge in [-0.15, -0.1) is 0 Å². The van der Waals surface area contributed by atoms with E-state index >= 15 is 0 Å². The Morgan fingerprint density at radius 1 is 1.42 bits per heavy atom. The lowest BCUT2D eigenvalue weighted by Crippen LogP contribution is -1.90. The molecule has 0 aliphatic rings. The van der Waals surface area contributed by atoms with Gasteiger partial charge in [-0.05, 0) is 31.5 Å². The standard InChI is InChI=1S/C14H14N2O2S/c1-9-10(2)18-14(16-9)19-8-11-4-5-12(7-15)13(6-11)17-3/h4-6H,8H2,1-3H3. The third-order valence-electron chi connectivity index (χ3n) is 2.76. The fourth-order valence-corrected chi connectivity index (χ4v) is 2.42. The van der Waals surface area contributed by atoms with E-state index in [4.69, 9.17) is 14.4 Å². The van der Waals surface area contributed by atoms with E-state index in [1.54, 1.807) is 13.2 Å². The molecule has 0 bridgehead atoms. The highest BCUT2D eigenvalue weighted by Gasteiger charge is 2.08. The van der Waals surface area contributed by atoms with Crippen molar-refractivity contribution in [2.24, 2.45) is 0 Å². The molecule has 4 nitrogen and oxygen atoms in total. The van der Waals surface area contributed by atoms with Crippen LogP contribution in [0.15, 0.2) is 27.8 Å². The minimum Gasteiger partial charge on any atom is -0.495 e. The average molecular weight is 274 g/mol. The number of oxazole rings is 1. The van der Waals surface area contributed by atoms with Crippen molar-refractivity contribution in [1.29, 1.82) is 5.26 Å². The highest BCUT2D eigenvalue weighted by Crippen LogP contribution is 2.27. The Morgan fingerprint density at radius 2 is 2.21 bits per heavy atom. The van der Waals surface area contributed by atoms with Crippen molar-refractivity contribution in [1.82, 2.24) is 4.98 Å². The second-order valence-electron chi connectivity index (χ2n) is 4.06. The van der Waals surface area contributed by atoms with Gasteiger partial charge in [-0.25, -0.2) is 4.98 Å². The van der Waals surface area contributed by atoms with Crippen LogP contribution in [-0.2, 0) is 5.75 Å². The summed E-state index contributed by atoms with van der Waals surface area (Å²) in [5.74, 6) is 2.17. The Labute approximate surface area is 116 Å². The van der Waals surface area contributed by atoms with Crippen LogP contribution in [0.2, 0.25) is 0 Å². The summed E-state index contributed by atoms with van der Waals surface area (Å²) in [6.45, 7) is 3.82. The van der Waals surface area contributed by atoms with Crippen LogP contribution in [0.3, 0.4) is 0 Å². The number of hydrogen-bond acceptors (Lipinski definition) is 5. The lowest BCUT2D eigenvalue weighted by molar-refractivity contribution is 0.413. The first-order valence-electron chi connectivity index (χ1n) is 5.78. The van der Waals surface area contributed by atoms with Crippen LogP contribution in [0.1, 0.15) is 22.6 Å². The topological polar surface area (TPSA) is 59.1 Å². The Kier molecular flexibility index (Phi) is 4.13. The first-order chi connectivity index (χ1) is 9.13. The Bertz CT molecular complexity index is 609. The number of benzene rings is 1. The van der Waals surface area contributed by atoms with Gasteiger partial charge in [-0.3, -0.25) is 0 Å². The van der Waals surface area contributed by atoms with Crippen molar-refractivity contribution in [3.63, 3.8) is 0 Å². The molecule has 1 aromatic heterocycles. The summed E-state index contributed by atoms with van der Waals surface area (Å²) in [4.78, 5) is 4.31. The number of aromatic nitrogens is 1. The van der Waals surface area contributed by atoms with Crippen LogP contribution in [0, 0.1) is 25.2 Å². The van der Waals surface area contributed by atoms with Crippen LogP contribution in [0.4, 0.5) is 0 Å². The van der Waals surface area contributed by atoms with Gasteiger partial charge < -0.3 is 9.15 Å². The second kappa shape index (κ2) is 5.81. The molecule has 0 saturated carbocycles. The summed E-state index contributed by atoms with van der Waals surface area (Å²) in [7, 11) is 1.56. The highest BCUT2D eigenvalue weighted by atomic mass is 32.2. The summed E-state index contributed by atoms with van der Waals surface area (Å²) in [6, 6.07) is 7.64. The van der Waals surface area contributed by atoms with Crippen molar-refractivity contribution in [2.75, 3.05) is 7.11 Å². The van der Waals surface area contributed by atoms with Crippen molar-refractivity contribution >= 4 is 11.8 Å². The molecule has 0 amide bonds. The van der Waals surface area contributed by atoms with Gasteiger partial charge in [0.2, 0.25) is 0 Å². The fraction of sp³-hybridized carbons (Fsp3) is 0.286. The summed E-state index contributed by atoms with van der Waals surface area (Å²) in [5.41, 5.74) is 2.52. The van der Waals surface area contributed by atoms with Crippen LogP contribution in [-0.4, -0.2) is 12.1 Å². The van der Waals surface area contributed by atoms with Gasteiger partial charge in [0.25, 0.3) is 5.22 Å². The SMILES string of the molecule is COc1cc(CSc2nc(C)c(C)o2)ccc1C#N. The molecule has 0 saturated heterocycles. The van der Waals surface area contributed by atoms with Crippen molar-refractivity contribution in [3.05, 3.63) is 40.8 Å². The van der Waals surface area contributed by atoms with E-state index in [1.807, 2.05) is 26.0 Å². The number of hydrogen-bond donors (Lipinski definition) is 0. The van der Waals surface area contributed by atoms with Gasteiger partial charge in [0.1, 0.15) is 17.6 Å². The molecule has 1 aromatic carbocycles. The van der Waals surface area contributed by atoms with Gasteiger partial charge in [0.05, 0.1) is 18.4 Å². The van der Waals surface area contributed by atoms with Gasteiger partial charge >= 0.3 is 0 Å². The van der Waals surface area contributed by atoms with Gasteiger partial charge in [0, 0.05) is 5.75 Å². The van der Waals surface area contributed by atoms with Gasteiger partial charge in [-0.1, -0.05) is 17.8 Å². The minimum absolute atomic E-state index is 0.541. The number of thioether (sulfide) groups is 1. The summed E-state index contributed by atoms with van der Waals surface area (Å²) in [5, 5.41) is 9.59. The molecule has 0 atom stereocenters. The van der Waals surface area contributed by atoms with E-state index in [1.165, 1.54) is 11.8 Å². The molecule has 0 fully saturated rings. The molecular weight excluding hydrogens is 260 g/mol. The number of nitrogens with zero attached hydrogens (tertiary/aromatic N) is 2. The predicted molar refractivity (Wildman–Crippen MR) is 73.2 cm³/mol. The lowest BCUT2D eigenvalue weighted by Gasteiger charge is -2.05. The molecular formula is C14H14N2O2S. The number of aryl methyl sites for hydroxylation is 2. The normalized spacial score (nSPS) is 10.2. The number of nitriles is 1. The molecule has 2 aromatic rings. The van der Waals surface area contributed by atoms with Crippen LogP contribution < -0.4 is 4.74 Å². The largest absolute Gasteiger partial charge is 0.495 e. The van der Waals surface area contributed by atoms with E-state index in [0.717, 1.165) is 22.8 Å². The Balaban J connectivity index is 2.09. The Hall–Kier alpha value is -1.93. The monoisotopic (exact) mass is 274 g/mol. The van der Waals surface area contributed by atoms with Crippen molar-refractivity contribution in [3.8, 4) is 11.8 Å². The lowest BCUT2D eigenvalue weighted by atomic mass is 10.1. The first-order valence-corrected chi connectivity index (χ1v) is 6.76. The Morgan fingerprint density at radius 3 is 2.79 bits per heavy atom. The number of ether oxygens (including phenoxy) is 1. The average Bonchev–Trinajstić information content (AvgIpc) is 2.75. The van der Waals surface area contributed by atoms with E-state index < -0.39 is 0 Å². The second-order valence-corrected chi connectivity index (χ2v) is 4.98. The molecule has 0 spiro atoms. The molecule has 2 rings (SSSR count). The molecule has 98 valence electrons. The van der Waals surface area contributed by atoms with E-state index in [-0.39, 0.29) is 0 Å². The number of rotatable bonds is 4. The third kappa shape index (κ3) is 3.09. The molecule has 19 heavy (non-hydrogen) atoms. The zero-order valence-corrected chi connectivity index (χ0v) is 11.9. The maximum absolute atomic E-state index is 8.92. The van der Waals surface area contributed by atoms with E-state index in [0.29, 0.717) is 16.5 Å². The first kappa shape index (κ1) is 13.5. The van der Waals surface area contributed by atoms with Crippen LogP contribution in [0.5, 0.6) is 5.75 Å². The molecule has 0 radical (unpaired) electrons. The van der Waals surface area contributed by atoms with Gasteiger partial charge in [0.15, 0.2) is 0 Å². The maximum atomic E-state index is 8.92. The van der Waals surface area contributed by atoms with Gasteiger partial charge in [-0.2, -0.15) is 5.26 Å². The third-order valence-corrected chi connectivity index (χ3v) is 3.66. The molecule has 5 heteroatoms. The molecule has 0 aliphatic heterocycles. The van der Waals surface area contributed by atoms with Crippen molar-refractivity contribution in [2.45, 2.75) is 24.8 Å². The van der Waals surface area contributed by atoms with Crippen molar-refractivity contribution < 1.29 is 9.15 Å². The fourth-order valence-electron chi connectivity index (χ4n) is 1.57. The highest BCUT2D eigenvalue weighted by molar-refractivity contribution is 7.98. The van der Waals surface area contributed by atoms with E-state index in [9.17, 15) is 0 Å². The molecule has 0 aliphatic carbocycles. The predicted octanol–water partition coefficient (Wildman–Crippen LogP) is 3.46. The van der Waals surface area contributed by atoms with Crippen LogP contribution >= 0.6 is 11.8 Å². The molecule has 0 unspecified atom stereocenters. The van der Waals surface area contributed by atoms with E-state index in [2.05, 4.69) is 11.1 Å². The summed E-state index contributed by atoms with van der Waals surface area (Å²) < 4.78 is 10.7.